The van der Waals surface area contributed by atoms with Crippen LogP contribution in [0.15, 0.2) is 55.1 Å². The number of benzene rings is 2. The molecule has 0 saturated carbocycles. The van der Waals surface area contributed by atoms with E-state index < -0.39 is 5.91 Å². The Kier molecular flexibility index (Phi) is 10.3. The molecule has 0 spiro atoms. The molecule has 3 heterocycles. The number of rotatable bonds is 7. The molecule has 2 aromatic carbocycles. The fourth-order valence-electron chi connectivity index (χ4n) is 5.15. The first-order valence-corrected chi connectivity index (χ1v) is 14.0. The summed E-state index contributed by atoms with van der Waals surface area (Å²) in [6.07, 6.45) is 4.68. The van der Waals surface area contributed by atoms with Crippen molar-refractivity contribution < 1.29 is 19.4 Å². The highest BCUT2D eigenvalue weighted by molar-refractivity contribution is 6.09. The highest BCUT2D eigenvalue weighted by Gasteiger charge is 2.24. The van der Waals surface area contributed by atoms with E-state index in [0.29, 0.717) is 44.3 Å². The van der Waals surface area contributed by atoms with E-state index in [-0.39, 0.29) is 29.4 Å². The first kappa shape index (κ1) is 30.3. The molecule has 0 aliphatic carbocycles. The topological polar surface area (TPSA) is 135 Å². The van der Waals surface area contributed by atoms with Gasteiger partial charge in [0.05, 0.1) is 11.8 Å². The van der Waals surface area contributed by atoms with Crippen LogP contribution in [0, 0.1) is 11.3 Å². The smallest absolute Gasteiger partial charge is 0.319 e. The number of fused-ring (bicyclic) bond motifs is 1. The molecule has 2 N–H and O–H groups in total. The number of aromatic nitrogens is 2. The average molecular weight is 572 g/mol. The number of carbonyl (C=O) groups excluding carboxylic acids is 2. The van der Waals surface area contributed by atoms with Crippen molar-refractivity contribution in [2.24, 2.45) is 0 Å². The fourth-order valence-corrected chi connectivity index (χ4v) is 5.15. The zero-order chi connectivity index (χ0) is 30.1. The Morgan fingerprint density at radius 1 is 1.14 bits per heavy atom. The maximum absolute atomic E-state index is 13.5. The van der Waals surface area contributed by atoms with Crippen LogP contribution in [0.1, 0.15) is 36.7 Å². The molecule has 2 fully saturated rings. The molecule has 2 saturated heterocycles. The molecule has 220 valence electrons. The summed E-state index contributed by atoms with van der Waals surface area (Å²) in [5.74, 6) is 0.0828. The van der Waals surface area contributed by atoms with Crippen LogP contribution in [0.3, 0.4) is 0 Å². The van der Waals surface area contributed by atoms with E-state index in [0.717, 1.165) is 30.2 Å². The molecule has 2 aliphatic rings. The van der Waals surface area contributed by atoms with Crippen molar-refractivity contribution in [3.63, 3.8) is 0 Å². The van der Waals surface area contributed by atoms with E-state index >= 15 is 0 Å². The van der Waals surface area contributed by atoms with Crippen LogP contribution in [0.2, 0.25) is 0 Å². The molecule has 3 aromatic rings. The molecule has 11 nitrogen and oxygen atoms in total. The number of nitrogens with zero attached hydrogens (tertiary/aromatic N) is 6. The molecule has 42 heavy (non-hydrogen) atoms. The van der Waals surface area contributed by atoms with E-state index in [1.807, 2.05) is 29.2 Å². The first-order chi connectivity index (χ1) is 20.3. The van der Waals surface area contributed by atoms with Crippen LogP contribution in [0.25, 0.3) is 10.8 Å². The second-order valence-corrected chi connectivity index (χ2v) is 10.2. The number of carbonyl (C=O) groups is 2. The van der Waals surface area contributed by atoms with Crippen LogP contribution in [-0.4, -0.2) is 89.1 Å². The van der Waals surface area contributed by atoms with E-state index in [2.05, 4.69) is 33.8 Å². The number of piperazine rings is 1. The molecule has 11 heteroatoms. The number of anilines is 2. The van der Waals surface area contributed by atoms with E-state index in [1.54, 1.807) is 23.1 Å². The van der Waals surface area contributed by atoms with Crippen molar-refractivity contribution in [1.29, 1.82) is 5.26 Å². The van der Waals surface area contributed by atoms with Crippen LogP contribution < -0.4 is 15.0 Å². The van der Waals surface area contributed by atoms with Crippen molar-refractivity contribution >= 4 is 34.1 Å². The minimum absolute atomic E-state index is 0.0555. The second kappa shape index (κ2) is 14.3. The Labute approximate surface area is 246 Å². The predicted octanol–water partition coefficient (Wildman–Crippen LogP) is 3.82. The lowest BCUT2D eigenvalue weighted by molar-refractivity contribution is -0.126. The Morgan fingerprint density at radius 3 is 2.60 bits per heavy atom. The number of amides is 2. The Hall–Kier alpha value is -4.69. The largest absolute Gasteiger partial charge is 0.508 e. The number of hydrogen-bond acceptors (Lipinski definition) is 9. The third-order valence-electron chi connectivity index (χ3n) is 7.44. The Balaban J connectivity index is 0.00000129. The third kappa shape index (κ3) is 7.53. The van der Waals surface area contributed by atoms with Gasteiger partial charge in [-0.15, -0.1) is 0 Å². The molecule has 1 aromatic heterocycles. The van der Waals surface area contributed by atoms with Crippen molar-refractivity contribution in [1.82, 2.24) is 19.8 Å². The van der Waals surface area contributed by atoms with Gasteiger partial charge in [0.1, 0.15) is 23.9 Å². The lowest BCUT2D eigenvalue weighted by atomic mass is 10.0. The van der Waals surface area contributed by atoms with Gasteiger partial charge < -0.3 is 29.9 Å². The standard InChI is InChI=1S/C29H34N6O4.C2H3N/c1-3-27(37)35-14-12-34(13-15-35)26-18-25(31-29(32-26)39-19-21-9-6-7-11-33(21)2)28(38)30-24-17-22(36)16-20-8-4-5-10-23(20)24;1-2-3/h3-5,8,10,16-18,21,36H,1,6-7,9,11-15,19H2,2H3,(H,30,38);1H3. The Morgan fingerprint density at radius 2 is 1.88 bits per heavy atom. The lowest BCUT2D eigenvalue weighted by Gasteiger charge is -2.35. The summed E-state index contributed by atoms with van der Waals surface area (Å²) in [7, 11) is 2.09. The van der Waals surface area contributed by atoms with Gasteiger partial charge in [-0.1, -0.05) is 37.3 Å². The molecule has 2 aliphatic heterocycles. The number of piperidine rings is 1. The van der Waals surface area contributed by atoms with Gasteiger partial charge in [0, 0.05) is 56.7 Å². The molecule has 2 amide bonds. The number of likely N-dealkylation sites (N-methyl/N-ethyl adjacent to an activating group) is 1. The van der Waals surface area contributed by atoms with Gasteiger partial charge in [-0.05, 0) is 44.0 Å². The highest BCUT2D eigenvalue weighted by atomic mass is 16.5. The van der Waals surface area contributed by atoms with Gasteiger partial charge in [-0.3, -0.25) is 9.59 Å². The summed E-state index contributed by atoms with van der Waals surface area (Å²) in [6.45, 7) is 8.61. The zero-order valence-electron chi connectivity index (χ0n) is 24.1. The van der Waals surface area contributed by atoms with Crippen LogP contribution in [-0.2, 0) is 4.79 Å². The average Bonchev–Trinajstić information content (AvgIpc) is 3.00. The third-order valence-corrected chi connectivity index (χ3v) is 7.44. The number of ether oxygens (including phenoxy) is 1. The number of nitriles is 1. The normalized spacial score (nSPS) is 17.0. The van der Waals surface area contributed by atoms with Gasteiger partial charge in [0.2, 0.25) is 5.91 Å². The van der Waals surface area contributed by atoms with Gasteiger partial charge in [0.25, 0.3) is 5.91 Å². The monoisotopic (exact) mass is 571 g/mol. The lowest BCUT2D eigenvalue weighted by Crippen LogP contribution is -2.48. The molecular formula is C31H37N7O4. The number of hydrogen-bond donors (Lipinski definition) is 2. The van der Waals surface area contributed by atoms with Gasteiger partial charge in [-0.25, -0.2) is 0 Å². The maximum Gasteiger partial charge on any atom is 0.319 e. The number of aromatic hydroxyl groups is 1. The van der Waals surface area contributed by atoms with Crippen molar-refractivity contribution in [2.75, 3.05) is 56.6 Å². The molecule has 5 rings (SSSR count). The minimum atomic E-state index is -0.436. The fraction of sp³-hybridized carbons (Fsp3) is 0.387. The molecular weight excluding hydrogens is 534 g/mol. The van der Waals surface area contributed by atoms with Gasteiger partial charge >= 0.3 is 6.01 Å². The Bertz CT molecular complexity index is 1460. The number of likely N-dealkylation sites (tertiary alicyclic amines) is 1. The number of phenolic OH excluding ortho intramolecular Hbond substituents is 1. The first-order valence-electron chi connectivity index (χ1n) is 14.0. The minimum Gasteiger partial charge on any atom is -0.508 e. The molecule has 1 unspecified atom stereocenters. The number of nitrogens with one attached hydrogen (secondary N) is 1. The highest BCUT2D eigenvalue weighted by Crippen LogP contribution is 2.29. The van der Waals surface area contributed by atoms with E-state index in [4.69, 9.17) is 10.00 Å². The summed E-state index contributed by atoms with van der Waals surface area (Å²) < 4.78 is 6.07. The molecule has 0 bridgehead atoms. The zero-order valence-corrected chi connectivity index (χ0v) is 24.1. The molecule has 1 atom stereocenters. The summed E-state index contributed by atoms with van der Waals surface area (Å²) in [6, 6.07) is 14.5. The second-order valence-electron chi connectivity index (χ2n) is 10.2. The van der Waals surface area contributed by atoms with Gasteiger partial charge in [0.15, 0.2) is 0 Å². The summed E-state index contributed by atoms with van der Waals surface area (Å²) in [4.78, 5) is 40.6. The summed E-state index contributed by atoms with van der Waals surface area (Å²) in [5, 5.41) is 22.0. The quantitative estimate of drug-likeness (QED) is 0.406. The van der Waals surface area contributed by atoms with E-state index in [9.17, 15) is 14.7 Å². The van der Waals surface area contributed by atoms with Crippen LogP contribution in [0.4, 0.5) is 11.5 Å². The van der Waals surface area contributed by atoms with Crippen molar-refractivity contribution in [3.8, 4) is 17.8 Å². The van der Waals surface area contributed by atoms with Crippen LogP contribution in [0.5, 0.6) is 11.8 Å². The summed E-state index contributed by atoms with van der Waals surface area (Å²) in [5.41, 5.74) is 0.641. The van der Waals surface area contributed by atoms with Crippen molar-refractivity contribution in [2.45, 2.75) is 32.2 Å². The van der Waals surface area contributed by atoms with Crippen molar-refractivity contribution in [3.05, 3.63) is 60.8 Å². The summed E-state index contributed by atoms with van der Waals surface area (Å²) >= 11 is 0. The maximum atomic E-state index is 13.5. The van der Waals surface area contributed by atoms with E-state index in [1.165, 1.54) is 25.5 Å². The van der Waals surface area contributed by atoms with Crippen LogP contribution >= 0.6 is 0 Å². The molecule has 0 radical (unpaired) electrons. The predicted molar refractivity (Wildman–Crippen MR) is 162 cm³/mol. The SMILES string of the molecule is C=CC(=O)N1CCN(c2cc(C(=O)Nc3cc(O)cc4ccccc34)nc(OCC3CCCCN3C)n2)CC1.CC#N. The number of phenols is 1. The van der Waals surface area contributed by atoms with Gasteiger partial charge in [-0.2, -0.15) is 15.2 Å².